The maximum atomic E-state index is 12.5. The van der Waals surface area contributed by atoms with Gasteiger partial charge in [0.25, 0.3) is 5.69 Å². The molecule has 0 radical (unpaired) electrons. The van der Waals surface area contributed by atoms with Crippen LogP contribution in [-0.4, -0.2) is 35.6 Å². The van der Waals surface area contributed by atoms with Crippen LogP contribution in [0.25, 0.3) is 28.3 Å². The lowest BCUT2D eigenvalue weighted by Gasteiger charge is -2.08. The zero-order valence-corrected chi connectivity index (χ0v) is 17.7. The number of carbonyl (C=O) groups is 1. The van der Waals surface area contributed by atoms with Gasteiger partial charge in [-0.3, -0.25) is 19.9 Å². The second-order valence-electron chi connectivity index (χ2n) is 7.48. The minimum absolute atomic E-state index is 0.0129. The van der Waals surface area contributed by atoms with Gasteiger partial charge in [-0.15, -0.1) is 10.2 Å². The number of hydrogen-bond donors (Lipinski definition) is 1. The molecular weight excluding hydrogens is 434 g/mol. The van der Waals surface area contributed by atoms with Gasteiger partial charge in [-0.2, -0.15) is 9.61 Å². The highest BCUT2D eigenvalue weighted by atomic mass is 16.6. The SMILES string of the molecule is O=C(Cc1ccc([N+](=O)[O-])cc1)Nc1cccc(-c2ccc3nnc(-c4cccnc4)n3n2)c1. The smallest absolute Gasteiger partial charge is 0.269 e. The molecule has 0 spiro atoms. The average Bonchev–Trinajstić information content (AvgIpc) is 3.28. The van der Waals surface area contributed by atoms with Gasteiger partial charge < -0.3 is 5.32 Å². The van der Waals surface area contributed by atoms with Crippen molar-refractivity contribution in [2.24, 2.45) is 0 Å². The minimum atomic E-state index is -0.472. The predicted octanol–water partition coefficient (Wildman–Crippen LogP) is 3.94. The molecule has 1 N–H and O–H groups in total. The summed E-state index contributed by atoms with van der Waals surface area (Å²) in [6.07, 6.45) is 3.49. The number of fused-ring (bicyclic) bond motifs is 1. The van der Waals surface area contributed by atoms with Gasteiger partial charge in [-0.1, -0.05) is 24.3 Å². The molecule has 34 heavy (non-hydrogen) atoms. The minimum Gasteiger partial charge on any atom is -0.326 e. The fraction of sp³-hybridized carbons (Fsp3) is 0.0417. The van der Waals surface area contributed by atoms with Crippen molar-refractivity contribution >= 4 is 22.9 Å². The molecule has 0 saturated carbocycles. The van der Waals surface area contributed by atoms with Crippen LogP contribution in [-0.2, 0) is 11.2 Å². The molecule has 1 amide bonds. The van der Waals surface area contributed by atoms with Gasteiger partial charge >= 0.3 is 0 Å². The Labute approximate surface area is 193 Å². The summed E-state index contributed by atoms with van der Waals surface area (Å²) in [6.45, 7) is 0. The molecule has 0 atom stereocenters. The van der Waals surface area contributed by atoms with Crippen molar-refractivity contribution in [2.75, 3.05) is 5.32 Å². The van der Waals surface area contributed by atoms with Gasteiger partial charge in [0.2, 0.25) is 5.91 Å². The molecule has 5 aromatic rings. The van der Waals surface area contributed by atoms with Crippen molar-refractivity contribution in [1.29, 1.82) is 0 Å². The summed E-state index contributed by atoms with van der Waals surface area (Å²) < 4.78 is 1.66. The topological polar surface area (TPSA) is 128 Å². The number of pyridine rings is 1. The molecule has 166 valence electrons. The predicted molar refractivity (Wildman–Crippen MR) is 125 cm³/mol. The summed E-state index contributed by atoms with van der Waals surface area (Å²) in [5, 5.41) is 26.7. The van der Waals surface area contributed by atoms with E-state index in [0.29, 0.717) is 28.4 Å². The average molecular weight is 451 g/mol. The fourth-order valence-corrected chi connectivity index (χ4v) is 3.50. The van der Waals surface area contributed by atoms with Gasteiger partial charge in [0.15, 0.2) is 11.5 Å². The molecule has 0 fully saturated rings. The van der Waals surface area contributed by atoms with E-state index in [2.05, 4.69) is 25.6 Å². The number of anilines is 1. The van der Waals surface area contributed by atoms with E-state index in [4.69, 9.17) is 0 Å². The Bertz CT molecular complexity index is 1500. The highest BCUT2D eigenvalue weighted by Crippen LogP contribution is 2.23. The van der Waals surface area contributed by atoms with E-state index in [1.807, 2.05) is 42.5 Å². The van der Waals surface area contributed by atoms with Crippen LogP contribution in [0.1, 0.15) is 5.56 Å². The van der Waals surface area contributed by atoms with Crippen LogP contribution in [0.15, 0.2) is 85.2 Å². The summed E-state index contributed by atoms with van der Waals surface area (Å²) in [7, 11) is 0. The molecule has 0 aliphatic heterocycles. The van der Waals surface area contributed by atoms with E-state index in [1.54, 1.807) is 35.1 Å². The zero-order chi connectivity index (χ0) is 23.5. The summed E-state index contributed by atoms with van der Waals surface area (Å²) in [5.74, 6) is 0.351. The maximum absolute atomic E-state index is 12.5. The number of nitrogens with zero attached hydrogens (tertiary/aromatic N) is 6. The van der Waals surface area contributed by atoms with Crippen LogP contribution in [0, 0.1) is 10.1 Å². The molecule has 10 heteroatoms. The molecular formula is C24H17N7O3. The van der Waals surface area contributed by atoms with Gasteiger partial charge in [0.05, 0.1) is 17.0 Å². The first-order chi connectivity index (χ1) is 16.6. The van der Waals surface area contributed by atoms with Crippen molar-refractivity contribution < 1.29 is 9.72 Å². The van der Waals surface area contributed by atoms with Gasteiger partial charge in [0.1, 0.15) is 0 Å². The lowest BCUT2D eigenvalue weighted by molar-refractivity contribution is -0.384. The molecule has 2 aromatic carbocycles. The van der Waals surface area contributed by atoms with Crippen LogP contribution in [0.5, 0.6) is 0 Å². The first kappa shape index (κ1) is 20.9. The second kappa shape index (κ2) is 8.87. The van der Waals surface area contributed by atoms with Crippen molar-refractivity contribution in [3.8, 4) is 22.6 Å². The Morgan fingerprint density at radius 2 is 1.79 bits per heavy atom. The fourth-order valence-electron chi connectivity index (χ4n) is 3.50. The Morgan fingerprint density at radius 3 is 2.56 bits per heavy atom. The molecule has 0 unspecified atom stereocenters. The number of benzene rings is 2. The highest BCUT2D eigenvalue weighted by Gasteiger charge is 2.12. The Morgan fingerprint density at radius 1 is 0.971 bits per heavy atom. The number of hydrogen-bond acceptors (Lipinski definition) is 7. The number of carbonyl (C=O) groups excluding carboxylic acids is 1. The van der Waals surface area contributed by atoms with E-state index < -0.39 is 4.92 Å². The molecule has 0 saturated heterocycles. The van der Waals surface area contributed by atoms with Gasteiger partial charge in [0, 0.05) is 41.3 Å². The van der Waals surface area contributed by atoms with E-state index in [-0.39, 0.29) is 18.0 Å². The number of nitro benzene ring substituents is 1. The summed E-state index contributed by atoms with van der Waals surface area (Å²) in [5.41, 5.74) is 4.18. The summed E-state index contributed by atoms with van der Waals surface area (Å²) in [6, 6.07) is 20.6. The second-order valence-corrected chi connectivity index (χ2v) is 7.48. The number of amides is 1. The van der Waals surface area contributed by atoms with Crippen molar-refractivity contribution in [2.45, 2.75) is 6.42 Å². The summed E-state index contributed by atoms with van der Waals surface area (Å²) in [4.78, 5) is 26.9. The largest absolute Gasteiger partial charge is 0.326 e. The number of nitro groups is 1. The number of aromatic nitrogens is 5. The van der Waals surface area contributed by atoms with E-state index in [9.17, 15) is 14.9 Å². The molecule has 0 bridgehead atoms. The van der Waals surface area contributed by atoms with Crippen LogP contribution in [0.4, 0.5) is 11.4 Å². The molecule has 5 rings (SSSR count). The quantitative estimate of drug-likeness (QED) is 0.306. The zero-order valence-electron chi connectivity index (χ0n) is 17.7. The third-order valence-electron chi connectivity index (χ3n) is 5.14. The highest BCUT2D eigenvalue weighted by molar-refractivity contribution is 5.92. The first-order valence-corrected chi connectivity index (χ1v) is 10.3. The number of non-ortho nitro benzene ring substituents is 1. The third-order valence-corrected chi connectivity index (χ3v) is 5.14. The standard InChI is InChI=1S/C24H17N7O3/c32-23(13-16-6-8-20(9-7-16)31(33)34)26-19-5-1-3-17(14-19)21-10-11-22-27-28-24(30(22)29-21)18-4-2-12-25-15-18/h1-12,14-15H,13H2,(H,26,32). The van der Waals surface area contributed by atoms with E-state index >= 15 is 0 Å². The van der Waals surface area contributed by atoms with E-state index in [1.165, 1.54) is 12.1 Å². The van der Waals surface area contributed by atoms with Gasteiger partial charge in [-0.25, -0.2) is 0 Å². The number of nitrogens with one attached hydrogen (secondary N) is 1. The normalized spacial score (nSPS) is 10.8. The lowest BCUT2D eigenvalue weighted by Crippen LogP contribution is -2.14. The van der Waals surface area contributed by atoms with Crippen molar-refractivity contribution in [3.05, 3.63) is 101 Å². The van der Waals surface area contributed by atoms with E-state index in [0.717, 1.165) is 11.1 Å². The Kier molecular flexibility index (Phi) is 5.45. The monoisotopic (exact) mass is 451 g/mol. The summed E-state index contributed by atoms with van der Waals surface area (Å²) >= 11 is 0. The molecule has 0 aliphatic rings. The Balaban J connectivity index is 1.36. The molecule has 3 aromatic heterocycles. The molecule has 10 nitrogen and oxygen atoms in total. The maximum Gasteiger partial charge on any atom is 0.269 e. The molecule has 3 heterocycles. The Hall–Kier alpha value is -4.99. The first-order valence-electron chi connectivity index (χ1n) is 10.3. The van der Waals surface area contributed by atoms with Crippen molar-refractivity contribution in [3.63, 3.8) is 0 Å². The van der Waals surface area contributed by atoms with Crippen LogP contribution >= 0.6 is 0 Å². The van der Waals surface area contributed by atoms with Crippen LogP contribution in [0.3, 0.4) is 0 Å². The molecule has 0 aliphatic carbocycles. The third kappa shape index (κ3) is 4.32. The van der Waals surface area contributed by atoms with Crippen molar-refractivity contribution in [1.82, 2.24) is 24.8 Å². The van der Waals surface area contributed by atoms with Crippen LogP contribution in [0.2, 0.25) is 0 Å². The lowest BCUT2D eigenvalue weighted by atomic mass is 10.1. The van der Waals surface area contributed by atoms with Crippen LogP contribution < -0.4 is 5.32 Å². The number of rotatable bonds is 6. The van der Waals surface area contributed by atoms with Gasteiger partial charge in [-0.05, 0) is 42.0 Å².